The Kier molecular flexibility index (Phi) is 4.18. The third kappa shape index (κ3) is 3.24. The minimum Gasteiger partial charge on any atom is -0.470 e. The van der Waals surface area contributed by atoms with Gasteiger partial charge in [0.25, 0.3) is 0 Å². The van der Waals surface area contributed by atoms with E-state index in [2.05, 4.69) is 9.88 Å². The number of rotatable bonds is 4. The lowest BCUT2D eigenvalue weighted by atomic mass is 10.1. The summed E-state index contributed by atoms with van der Waals surface area (Å²) in [5, 5.41) is 0. The van der Waals surface area contributed by atoms with Crippen LogP contribution in [-0.2, 0) is 16.6 Å². The van der Waals surface area contributed by atoms with Crippen molar-refractivity contribution in [2.75, 3.05) is 19.6 Å². The lowest BCUT2D eigenvalue weighted by molar-refractivity contribution is 0.144. The number of fused-ring (bicyclic) bond motifs is 2. The van der Waals surface area contributed by atoms with Gasteiger partial charge in [-0.15, -0.1) is 0 Å². The highest BCUT2D eigenvalue weighted by atomic mass is 32.2. The van der Waals surface area contributed by atoms with Crippen molar-refractivity contribution < 1.29 is 13.2 Å². The first-order valence-corrected chi connectivity index (χ1v) is 10.9. The van der Waals surface area contributed by atoms with Crippen LogP contribution in [0.5, 0.6) is 5.88 Å². The van der Waals surface area contributed by atoms with Crippen molar-refractivity contribution in [1.29, 1.82) is 0 Å². The van der Waals surface area contributed by atoms with E-state index in [1.165, 1.54) is 12.8 Å². The van der Waals surface area contributed by atoms with Gasteiger partial charge in [-0.3, -0.25) is 4.90 Å². The molecule has 2 fully saturated rings. The van der Waals surface area contributed by atoms with E-state index in [0.29, 0.717) is 13.1 Å². The number of sulfonamides is 1. The number of nitrogens with zero attached hydrogens (tertiary/aromatic N) is 3. The van der Waals surface area contributed by atoms with Crippen molar-refractivity contribution in [2.24, 2.45) is 5.92 Å². The van der Waals surface area contributed by atoms with Crippen molar-refractivity contribution in [1.82, 2.24) is 14.2 Å². The third-order valence-corrected chi connectivity index (χ3v) is 7.55. The van der Waals surface area contributed by atoms with Crippen LogP contribution in [-0.4, -0.2) is 54.4 Å². The maximum absolute atomic E-state index is 13.5. The molecule has 0 radical (unpaired) electrons. The summed E-state index contributed by atoms with van der Waals surface area (Å²) in [5.74, 6) is 0.994. The zero-order valence-corrected chi connectivity index (χ0v) is 15.9. The van der Waals surface area contributed by atoms with Crippen LogP contribution in [0.2, 0.25) is 0 Å². The topological polar surface area (TPSA) is 62.7 Å². The molecule has 2 aliphatic heterocycles. The Bertz CT molecular complexity index is 930. The first-order valence-electron chi connectivity index (χ1n) is 9.51. The van der Waals surface area contributed by atoms with Crippen molar-refractivity contribution in [2.45, 2.75) is 36.4 Å². The van der Waals surface area contributed by atoms with Gasteiger partial charge >= 0.3 is 0 Å². The maximum Gasteiger partial charge on any atom is 0.249 e. The zero-order chi connectivity index (χ0) is 18.4. The minimum absolute atomic E-state index is 0.170. The predicted molar refractivity (Wildman–Crippen MR) is 101 cm³/mol. The Morgan fingerprint density at radius 3 is 2.67 bits per heavy atom. The Labute approximate surface area is 159 Å². The highest BCUT2D eigenvalue weighted by Crippen LogP contribution is 2.37. The van der Waals surface area contributed by atoms with E-state index in [0.717, 1.165) is 24.6 Å². The van der Waals surface area contributed by atoms with E-state index in [9.17, 15) is 8.42 Å². The predicted octanol–water partition coefficient (Wildman–Crippen LogP) is 2.13. The van der Waals surface area contributed by atoms with Gasteiger partial charge in [0.1, 0.15) is 11.0 Å². The summed E-state index contributed by atoms with van der Waals surface area (Å²) >= 11 is 0. The van der Waals surface area contributed by atoms with E-state index in [4.69, 9.17) is 4.74 Å². The maximum atomic E-state index is 13.5. The molecular formula is C20H23N3O3S. The molecule has 0 bridgehead atoms. The SMILES string of the molecule is O=S1(=O)c2cccnc2O[C@@H]2CN(CC3CC3)C[C@@H]2N1Cc1ccccc1. The first-order chi connectivity index (χ1) is 13.1. The summed E-state index contributed by atoms with van der Waals surface area (Å²) in [7, 11) is -3.69. The van der Waals surface area contributed by atoms with E-state index in [-0.39, 0.29) is 22.9 Å². The Morgan fingerprint density at radius 2 is 1.89 bits per heavy atom. The van der Waals surface area contributed by atoms with Gasteiger partial charge in [0.15, 0.2) is 0 Å². The van der Waals surface area contributed by atoms with E-state index >= 15 is 0 Å². The smallest absolute Gasteiger partial charge is 0.249 e. The molecule has 6 nitrogen and oxygen atoms in total. The molecule has 3 aliphatic rings. The average Bonchev–Trinajstić information content (AvgIpc) is 3.41. The summed E-state index contributed by atoms with van der Waals surface area (Å²) in [6.45, 7) is 2.84. The van der Waals surface area contributed by atoms with Crippen LogP contribution in [0.4, 0.5) is 0 Å². The lowest BCUT2D eigenvalue weighted by Gasteiger charge is -2.28. The second-order valence-electron chi connectivity index (χ2n) is 7.73. The minimum atomic E-state index is -3.69. The van der Waals surface area contributed by atoms with Crippen molar-refractivity contribution in [3.05, 3.63) is 54.2 Å². The highest BCUT2D eigenvalue weighted by Gasteiger charge is 2.48. The van der Waals surface area contributed by atoms with Gasteiger partial charge in [-0.25, -0.2) is 13.4 Å². The number of hydrogen-bond donors (Lipinski definition) is 0. The number of aromatic nitrogens is 1. The Balaban J connectivity index is 1.53. The van der Waals surface area contributed by atoms with Crippen molar-refractivity contribution in [3.8, 4) is 5.88 Å². The molecule has 0 N–H and O–H groups in total. The number of hydrogen-bond acceptors (Lipinski definition) is 5. The average molecular weight is 385 g/mol. The van der Waals surface area contributed by atoms with Gasteiger partial charge in [-0.2, -0.15) is 4.31 Å². The molecule has 142 valence electrons. The van der Waals surface area contributed by atoms with Crippen LogP contribution in [0.3, 0.4) is 0 Å². The molecule has 27 heavy (non-hydrogen) atoms. The van der Waals surface area contributed by atoms with E-state index < -0.39 is 10.0 Å². The van der Waals surface area contributed by atoms with E-state index in [1.54, 1.807) is 22.6 Å². The van der Waals surface area contributed by atoms with Gasteiger partial charge in [-0.05, 0) is 36.5 Å². The molecule has 1 aromatic carbocycles. The molecule has 7 heteroatoms. The van der Waals surface area contributed by atoms with Crippen molar-refractivity contribution in [3.63, 3.8) is 0 Å². The summed E-state index contributed by atoms with van der Waals surface area (Å²) in [5.41, 5.74) is 0.979. The highest BCUT2D eigenvalue weighted by molar-refractivity contribution is 7.89. The second-order valence-corrected chi connectivity index (χ2v) is 9.59. The summed E-state index contributed by atoms with van der Waals surface area (Å²) in [6.07, 6.45) is 3.96. The van der Waals surface area contributed by atoms with Crippen LogP contribution >= 0.6 is 0 Å². The molecule has 0 amide bonds. The third-order valence-electron chi connectivity index (χ3n) is 5.66. The molecule has 0 unspecified atom stereocenters. The van der Waals surface area contributed by atoms with Gasteiger partial charge in [0.2, 0.25) is 15.9 Å². The molecule has 5 rings (SSSR count). The van der Waals surface area contributed by atoms with Crippen LogP contribution < -0.4 is 4.74 Å². The zero-order valence-electron chi connectivity index (χ0n) is 15.1. The lowest BCUT2D eigenvalue weighted by Crippen LogP contribution is -2.46. The molecule has 1 saturated heterocycles. The summed E-state index contributed by atoms with van der Waals surface area (Å²) in [4.78, 5) is 6.75. The fraction of sp³-hybridized carbons (Fsp3) is 0.450. The molecule has 1 aliphatic carbocycles. The normalized spacial score (nSPS) is 27.4. The fourth-order valence-corrected chi connectivity index (χ4v) is 5.82. The van der Waals surface area contributed by atoms with Crippen molar-refractivity contribution >= 4 is 10.0 Å². The second kappa shape index (κ2) is 6.58. The van der Waals surface area contributed by atoms with Gasteiger partial charge < -0.3 is 4.74 Å². The first kappa shape index (κ1) is 17.2. The van der Waals surface area contributed by atoms with Crippen LogP contribution in [0.25, 0.3) is 0 Å². The molecule has 3 heterocycles. The van der Waals surface area contributed by atoms with Gasteiger partial charge in [-0.1, -0.05) is 30.3 Å². The largest absolute Gasteiger partial charge is 0.470 e. The van der Waals surface area contributed by atoms with Gasteiger partial charge in [0, 0.05) is 32.4 Å². The van der Waals surface area contributed by atoms with Crippen LogP contribution in [0.15, 0.2) is 53.6 Å². The quantitative estimate of drug-likeness (QED) is 0.807. The summed E-state index contributed by atoms with van der Waals surface area (Å²) in [6, 6.07) is 12.8. The van der Waals surface area contributed by atoms with Crippen LogP contribution in [0, 0.1) is 5.92 Å². The Hall–Kier alpha value is -1.96. The molecule has 0 spiro atoms. The molecule has 2 atom stereocenters. The standard InChI is InChI=1S/C20H23N3O3S/c24-27(25)19-7-4-10-21-20(19)26-18-14-22(11-16-8-9-16)13-17(18)23(27)12-15-5-2-1-3-6-15/h1-7,10,16-18H,8-9,11-14H2/t17-,18+/m0/s1. The summed E-state index contributed by atoms with van der Waals surface area (Å²) < 4.78 is 34.8. The van der Waals surface area contributed by atoms with E-state index in [1.807, 2.05) is 30.3 Å². The number of likely N-dealkylation sites (tertiary alicyclic amines) is 1. The molecule has 1 aromatic heterocycles. The van der Waals surface area contributed by atoms with Gasteiger partial charge in [0.05, 0.1) is 6.04 Å². The Morgan fingerprint density at radius 1 is 1.07 bits per heavy atom. The number of ether oxygens (including phenoxy) is 1. The fourth-order valence-electron chi connectivity index (χ4n) is 4.11. The molecular weight excluding hydrogens is 362 g/mol. The number of pyridine rings is 1. The molecule has 1 saturated carbocycles. The molecule has 2 aromatic rings. The number of benzene rings is 1. The monoisotopic (exact) mass is 385 g/mol. The van der Waals surface area contributed by atoms with Crippen LogP contribution in [0.1, 0.15) is 18.4 Å².